The average molecular weight is 382 g/mol. The first-order chi connectivity index (χ1) is 13.1. The van der Waals surface area contributed by atoms with Crippen LogP contribution in [0.2, 0.25) is 0 Å². The molecular weight excluding hydrogens is 363 g/mol. The van der Waals surface area contributed by atoms with Gasteiger partial charge in [0, 0.05) is 38.1 Å². The molecule has 0 bridgehead atoms. The molecule has 0 unspecified atom stereocenters. The second-order valence-corrected chi connectivity index (χ2v) is 7.40. The van der Waals surface area contributed by atoms with Gasteiger partial charge < -0.3 is 9.80 Å². The molecule has 5 nitrogen and oxygen atoms in total. The molecule has 0 atom stereocenters. The number of hydrogen-bond acceptors (Lipinski definition) is 5. The fourth-order valence-corrected chi connectivity index (χ4v) is 4.17. The van der Waals surface area contributed by atoms with Gasteiger partial charge in [0.1, 0.15) is 15.7 Å². The summed E-state index contributed by atoms with van der Waals surface area (Å²) in [4.78, 5) is 26.5. The Bertz CT molecular complexity index is 934. The summed E-state index contributed by atoms with van der Waals surface area (Å²) in [6.45, 7) is 4.58. The van der Waals surface area contributed by atoms with Crippen molar-refractivity contribution in [3.63, 3.8) is 0 Å². The maximum atomic E-state index is 13.1. The van der Waals surface area contributed by atoms with Gasteiger partial charge in [-0.15, -0.1) is 11.3 Å². The Morgan fingerprint density at radius 2 is 1.81 bits per heavy atom. The number of benzene rings is 1. The molecule has 4 rings (SSSR count). The van der Waals surface area contributed by atoms with Crippen molar-refractivity contribution in [3.8, 4) is 10.7 Å². The van der Waals surface area contributed by atoms with E-state index in [9.17, 15) is 9.18 Å². The standard InChI is InChI=1S/C20H19FN4OS/c1-14-18(27-19(23-14)17-4-2-3-9-22-17)20(26)25-12-10-24(11-13-25)16-7-5-15(21)6-8-16/h2-9H,10-13H2,1H3. The number of anilines is 1. The zero-order valence-electron chi connectivity index (χ0n) is 14.9. The van der Waals surface area contributed by atoms with E-state index in [1.165, 1.54) is 23.5 Å². The lowest BCUT2D eigenvalue weighted by atomic mass is 10.2. The molecule has 0 spiro atoms. The van der Waals surface area contributed by atoms with Crippen LogP contribution >= 0.6 is 11.3 Å². The lowest BCUT2D eigenvalue weighted by Crippen LogP contribution is -2.48. The van der Waals surface area contributed by atoms with Gasteiger partial charge in [-0.3, -0.25) is 9.78 Å². The van der Waals surface area contributed by atoms with E-state index in [2.05, 4.69) is 14.9 Å². The Labute approximate surface area is 161 Å². The first-order valence-corrected chi connectivity index (χ1v) is 9.62. The second kappa shape index (κ2) is 7.44. The van der Waals surface area contributed by atoms with Crippen LogP contribution in [0.25, 0.3) is 10.7 Å². The van der Waals surface area contributed by atoms with E-state index in [-0.39, 0.29) is 11.7 Å². The SMILES string of the molecule is Cc1nc(-c2ccccn2)sc1C(=O)N1CCN(c2ccc(F)cc2)CC1. The molecular formula is C20H19FN4OS. The van der Waals surface area contributed by atoms with Gasteiger partial charge in [-0.05, 0) is 43.3 Å². The molecule has 27 heavy (non-hydrogen) atoms. The molecule has 7 heteroatoms. The summed E-state index contributed by atoms with van der Waals surface area (Å²) in [7, 11) is 0. The van der Waals surface area contributed by atoms with Crippen LogP contribution in [0.5, 0.6) is 0 Å². The molecule has 1 fully saturated rings. The molecule has 3 heterocycles. The summed E-state index contributed by atoms with van der Waals surface area (Å²) in [5.74, 6) is -0.220. The van der Waals surface area contributed by atoms with Gasteiger partial charge in [-0.1, -0.05) is 6.07 Å². The summed E-state index contributed by atoms with van der Waals surface area (Å²) in [6, 6.07) is 12.2. The van der Waals surface area contributed by atoms with Crippen molar-refractivity contribution in [1.29, 1.82) is 0 Å². The number of aryl methyl sites for hydroxylation is 1. The Balaban J connectivity index is 1.45. The van der Waals surface area contributed by atoms with Gasteiger partial charge in [-0.25, -0.2) is 9.37 Å². The summed E-state index contributed by atoms with van der Waals surface area (Å²) in [5, 5.41) is 0.765. The number of pyridine rings is 1. The number of carbonyl (C=O) groups is 1. The minimum Gasteiger partial charge on any atom is -0.368 e. The molecule has 0 saturated carbocycles. The van der Waals surface area contributed by atoms with Crippen molar-refractivity contribution in [2.24, 2.45) is 0 Å². The minimum atomic E-state index is -0.239. The third kappa shape index (κ3) is 3.68. The van der Waals surface area contributed by atoms with Crippen LogP contribution < -0.4 is 4.90 Å². The molecule has 3 aromatic rings. The van der Waals surface area contributed by atoms with Crippen LogP contribution in [0.1, 0.15) is 15.4 Å². The van der Waals surface area contributed by atoms with Crippen LogP contribution in [0.4, 0.5) is 10.1 Å². The predicted molar refractivity (Wildman–Crippen MR) is 105 cm³/mol. The smallest absolute Gasteiger partial charge is 0.265 e. The predicted octanol–water partition coefficient (Wildman–Crippen LogP) is 3.62. The van der Waals surface area contributed by atoms with Crippen molar-refractivity contribution < 1.29 is 9.18 Å². The van der Waals surface area contributed by atoms with Crippen molar-refractivity contribution in [3.05, 3.63) is 65.0 Å². The van der Waals surface area contributed by atoms with Gasteiger partial charge in [0.25, 0.3) is 5.91 Å². The highest BCUT2D eigenvalue weighted by Gasteiger charge is 2.26. The largest absolute Gasteiger partial charge is 0.368 e. The molecule has 0 aliphatic carbocycles. The van der Waals surface area contributed by atoms with Crippen LogP contribution in [0, 0.1) is 12.7 Å². The Morgan fingerprint density at radius 1 is 1.07 bits per heavy atom. The first-order valence-electron chi connectivity index (χ1n) is 8.80. The van der Waals surface area contributed by atoms with E-state index >= 15 is 0 Å². The number of thiazole rings is 1. The third-order valence-electron chi connectivity index (χ3n) is 4.63. The highest BCUT2D eigenvalue weighted by atomic mass is 32.1. The molecule has 1 aromatic carbocycles. The maximum Gasteiger partial charge on any atom is 0.265 e. The summed E-state index contributed by atoms with van der Waals surface area (Å²) in [6.07, 6.45) is 1.72. The Hall–Kier alpha value is -2.80. The number of hydrogen-bond donors (Lipinski definition) is 0. The molecule has 0 radical (unpaired) electrons. The van der Waals surface area contributed by atoms with Crippen LogP contribution in [0.15, 0.2) is 48.7 Å². The summed E-state index contributed by atoms with van der Waals surface area (Å²) >= 11 is 1.39. The number of amides is 1. The molecule has 1 saturated heterocycles. The Morgan fingerprint density at radius 3 is 2.48 bits per heavy atom. The number of piperazine rings is 1. The fraction of sp³-hybridized carbons (Fsp3) is 0.250. The van der Waals surface area contributed by atoms with Crippen LogP contribution in [-0.4, -0.2) is 47.0 Å². The molecule has 138 valence electrons. The molecule has 2 aromatic heterocycles. The van der Waals surface area contributed by atoms with Gasteiger partial charge in [0.2, 0.25) is 0 Å². The number of nitrogens with zero attached hydrogens (tertiary/aromatic N) is 4. The normalized spacial score (nSPS) is 14.4. The highest BCUT2D eigenvalue weighted by molar-refractivity contribution is 7.17. The van der Waals surface area contributed by atoms with Crippen LogP contribution in [0.3, 0.4) is 0 Å². The van der Waals surface area contributed by atoms with Crippen molar-refractivity contribution >= 4 is 22.9 Å². The number of carbonyl (C=O) groups excluding carboxylic acids is 1. The lowest BCUT2D eigenvalue weighted by molar-refractivity contribution is 0.0750. The third-order valence-corrected chi connectivity index (χ3v) is 5.80. The number of aromatic nitrogens is 2. The topological polar surface area (TPSA) is 49.3 Å². The van der Waals surface area contributed by atoms with Gasteiger partial charge in [-0.2, -0.15) is 0 Å². The molecule has 1 amide bonds. The first kappa shape index (κ1) is 17.6. The number of rotatable bonds is 3. The maximum absolute atomic E-state index is 13.1. The van der Waals surface area contributed by atoms with E-state index in [1.54, 1.807) is 18.3 Å². The van der Waals surface area contributed by atoms with Gasteiger partial charge >= 0.3 is 0 Å². The van der Waals surface area contributed by atoms with E-state index in [1.807, 2.05) is 30.0 Å². The average Bonchev–Trinajstić information content (AvgIpc) is 3.10. The fourth-order valence-electron chi connectivity index (χ4n) is 3.16. The summed E-state index contributed by atoms with van der Waals surface area (Å²) < 4.78 is 13.1. The lowest BCUT2D eigenvalue weighted by Gasteiger charge is -2.36. The van der Waals surface area contributed by atoms with E-state index in [0.717, 1.165) is 35.2 Å². The minimum absolute atomic E-state index is 0.0194. The zero-order chi connectivity index (χ0) is 18.8. The van der Waals surface area contributed by atoms with E-state index < -0.39 is 0 Å². The van der Waals surface area contributed by atoms with Crippen LogP contribution in [-0.2, 0) is 0 Å². The molecule has 1 aliphatic rings. The van der Waals surface area contributed by atoms with Crippen molar-refractivity contribution in [1.82, 2.24) is 14.9 Å². The quantitative estimate of drug-likeness (QED) is 0.694. The second-order valence-electron chi connectivity index (χ2n) is 6.40. The number of halogens is 1. The van der Waals surface area contributed by atoms with E-state index in [0.29, 0.717) is 18.0 Å². The Kier molecular flexibility index (Phi) is 4.85. The molecule has 1 aliphatic heterocycles. The molecule has 0 N–H and O–H groups in total. The highest BCUT2D eigenvalue weighted by Crippen LogP contribution is 2.28. The van der Waals surface area contributed by atoms with Crippen molar-refractivity contribution in [2.45, 2.75) is 6.92 Å². The van der Waals surface area contributed by atoms with Gasteiger partial charge in [0.05, 0.1) is 11.4 Å². The van der Waals surface area contributed by atoms with E-state index in [4.69, 9.17) is 0 Å². The monoisotopic (exact) mass is 382 g/mol. The summed E-state index contributed by atoms with van der Waals surface area (Å²) in [5.41, 5.74) is 2.51. The zero-order valence-corrected chi connectivity index (χ0v) is 15.7. The van der Waals surface area contributed by atoms with Crippen molar-refractivity contribution in [2.75, 3.05) is 31.1 Å². The van der Waals surface area contributed by atoms with Gasteiger partial charge in [0.15, 0.2) is 0 Å².